The Hall–Kier alpha value is -7.12. The quantitative estimate of drug-likeness (QED) is 0.181. The molecule has 7 heteroatoms. The molecule has 0 saturated carbocycles. The van der Waals surface area contributed by atoms with Gasteiger partial charge in [0.05, 0.1) is 22.4 Å². The summed E-state index contributed by atoms with van der Waals surface area (Å²) in [7, 11) is 2.03. The molecule has 252 valence electrons. The lowest BCUT2D eigenvalue weighted by Gasteiger charge is -2.27. The van der Waals surface area contributed by atoms with Gasteiger partial charge in [-0.2, -0.15) is 5.10 Å². The van der Waals surface area contributed by atoms with Crippen molar-refractivity contribution in [3.63, 3.8) is 0 Å². The molecule has 0 bridgehead atoms. The molecule has 53 heavy (non-hydrogen) atoms. The first-order chi connectivity index (χ1) is 26.2. The first kappa shape index (κ1) is 29.6. The molecule has 3 aromatic heterocycles. The van der Waals surface area contributed by atoms with Crippen molar-refractivity contribution in [1.82, 2.24) is 14.5 Å². The minimum absolute atomic E-state index is 0.677. The number of pyridine rings is 1. The standard InChI is InChI=1S/C46H32N6O/c1-49-28-48-50(29-49)32-13-10-14-33(26-32)51(34-21-22-38-37-17-6-7-18-39(37)52(40(38)27-34)43-19-8-9-24-47-43)41-25-31-12-3-5-16-36(31)45-44-35-15-4-2-11-30(35)20-23-42(44)53-46(41)45/h2-28H,29H2,1H3. The molecule has 1 aliphatic heterocycles. The summed E-state index contributed by atoms with van der Waals surface area (Å²) in [6.45, 7) is 0.677. The topological polar surface area (TPSA) is 53.0 Å². The van der Waals surface area contributed by atoms with E-state index in [1.807, 2.05) is 36.7 Å². The summed E-state index contributed by atoms with van der Waals surface area (Å²) in [6.07, 6.45) is 3.72. The summed E-state index contributed by atoms with van der Waals surface area (Å²) in [4.78, 5) is 9.22. The van der Waals surface area contributed by atoms with Gasteiger partial charge < -0.3 is 14.2 Å². The van der Waals surface area contributed by atoms with Gasteiger partial charge in [0.25, 0.3) is 0 Å². The highest BCUT2D eigenvalue weighted by Gasteiger charge is 2.25. The Kier molecular flexibility index (Phi) is 6.39. The third-order valence-electron chi connectivity index (χ3n) is 10.5. The number of rotatable bonds is 5. The lowest BCUT2D eigenvalue weighted by atomic mass is 9.98. The van der Waals surface area contributed by atoms with Crippen LogP contribution in [0.2, 0.25) is 0 Å². The van der Waals surface area contributed by atoms with E-state index in [0.717, 1.165) is 77.7 Å². The Balaban J connectivity index is 1.24. The summed E-state index contributed by atoms with van der Waals surface area (Å²) in [5.74, 6) is 0.873. The molecule has 0 N–H and O–H groups in total. The van der Waals surface area contributed by atoms with Gasteiger partial charge in [-0.25, -0.2) is 9.99 Å². The lowest BCUT2D eigenvalue weighted by Crippen LogP contribution is -2.22. The zero-order chi connectivity index (χ0) is 35.0. The highest BCUT2D eigenvalue weighted by molar-refractivity contribution is 6.29. The van der Waals surface area contributed by atoms with Crippen LogP contribution in [0.25, 0.3) is 71.1 Å². The Morgan fingerprint density at radius 3 is 2.19 bits per heavy atom. The highest BCUT2D eigenvalue weighted by atomic mass is 16.3. The second kappa shape index (κ2) is 11.4. The minimum atomic E-state index is 0.677. The fourth-order valence-electron chi connectivity index (χ4n) is 8.17. The molecular formula is C46H32N6O. The number of para-hydroxylation sites is 1. The first-order valence-electron chi connectivity index (χ1n) is 17.8. The highest BCUT2D eigenvalue weighted by Crippen LogP contribution is 2.48. The molecule has 0 unspecified atom stereocenters. The smallest absolute Gasteiger partial charge is 0.160 e. The van der Waals surface area contributed by atoms with Gasteiger partial charge in [-0.3, -0.25) is 4.57 Å². The van der Waals surface area contributed by atoms with Crippen molar-refractivity contribution in [2.45, 2.75) is 0 Å². The van der Waals surface area contributed by atoms with E-state index in [2.05, 4.69) is 159 Å². The van der Waals surface area contributed by atoms with Crippen molar-refractivity contribution >= 4 is 94.4 Å². The molecule has 0 amide bonds. The molecule has 0 saturated heterocycles. The number of fused-ring (bicyclic) bond motifs is 10. The van der Waals surface area contributed by atoms with E-state index >= 15 is 0 Å². The van der Waals surface area contributed by atoms with Crippen LogP contribution in [0.4, 0.5) is 22.7 Å². The van der Waals surface area contributed by atoms with E-state index < -0.39 is 0 Å². The van der Waals surface area contributed by atoms with E-state index in [9.17, 15) is 0 Å². The summed E-state index contributed by atoms with van der Waals surface area (Å²) >= 11 is 0. The Morgan fingerprint density at radius 2 is 1.36 bits per heavy atom. The van der Waals surface area contributed by atoms with Gasteiger partial charge in [0, 0.05) is 46.2 Å². The van der Waals surface area contributed by atoms with Crippen molar-refractivity contribution in [1.29, 1.82) is 0 Å². The first-order valence-corrected chi connectivity index (χ1v) is 17.8. The molecule has 0 fully saturated rings. The number of aromatic nitrogens is 2. The Labute approximate surface area is 304 Å². The van der Waals surface area contributed by atoms with Crippen LogP contribution in [-0.2, 0) is 0 Å². The molecule has 7 nitrogen and oxygen atoms in total. The lowest BCUT2D eigenvalue weighted by molar-refractivity contribution is 0.549. The molecular weight excluding hydrogens is 653 g/mol. The number of furan rings is 1. The largest absolute Gasteiger partial charge is 0.454 e. The Morgan fingerprint density at radius 1 is 0.604 bits per heavy atom. The van der Waals surface area contributed by atoms with Gasteiger partial charge >= 0.3 is 0 Å². The van der Waals surface area contributed by atoms with Gasteiger partial charge in [-0.05, 0) is 82.2 Å². The molecule has 0 radical (unpaired) electrons. The number of anilines is 4. The van der Waals surface area contributed by atoms with Crippen LogP contribution in [0, 0.1) is 0 Å². The molecule has 4 heterocycles. The maximum Gasteiger partial charge on any atom is 0.160 e. The molecule has 7 aromatic carbocycles. The number of nitrogens with zero attached hydrogens (tertiary/aromatic N) is 6. The zero-order valence-corrected chi connectivity index (χ0v) is 28.9. The molecule has 0 aliphatic carbocycles. The number of hydrogen-bond acceptors (Lipinski definition) is 6. The number of hydrogen-bond donors (Lipinski definition) is 0. The third kappa shape index (κ3) is 4.54. The van der Waals surface area contributed by atoms with Crippen LogP contribution < -0.4 is 9.91 Å². The maximum atomic E-state index is 7.00. The maximum absolute atomic E-state index is 7.00. The molecule has 11 rings (SSSR count). The van der Waals surface area contributed by atoms with E-state index in [4.69, 9.17) is 9.40 Å². The molecule has 1 aliphatic rings. The van der Waals surface area contributed by atoms with E-state index in [1.54, 1.807) is 0 Å². The number of benzene rings is 7. The summed E-state index contributed by atoms with van der Waals surface area (Å²) in [6, 6.07) is 53.8. The zero-order valence-electron chi connectivity index (χ0n) is 28.9. The van der Waals surface area contributed by atoms with Crippen LogP contribution in [0.3, 0.4) is 0 Å². The fraction of sp³-hybridized carbons (Fsp3) is 0.0435. The monoisotopic (exact) mass is 684 g/mol. The van der Waals surface area contributed by atoms with Crippen LogP contribution in [-0.4, -0.2) is 34.5 Å². The summed E-state index contributed by atoms with van der Waals surface area (Å²) in [5.41, 5.74) is 7.84. The normalized spacial score (nSPS) is 13.2. The average molecular weight is 685 g/mol. The van der Waals surface area contributed by atoms with Crippen molar-refractivity contribution in [3.05, 3.63) is 158 Å². The predicted molar refractivity (Wildman–Crippen MR) is 219 cm³/mol. The van der Waals surface area contributed by atoms with Gasteiger partial charge in [-0.1, -0.05) is 91.0 Å². The predicted octanol–water partition coefficient (Wildman–Crippen LogP) is 11.5. The van der Waals surface area contributed by atoms with Gasteiger partial charge in [0.15, 0.2) is 5.58 Å². The van der Waals surface area contributed by atoms with Crippen molar-refractivity contribution in [3.8, 4) is 5.82 Å². The van der Waals surface area contributed by atoms with Crippen LogP contribution in [0.5, 0.6) is 0 Å². The van der Waals surface area contributed by atoms with Crippen LogP contribution >= 0.6 is 0 Å². The second-order valence-corrected chi connectivity index (χ2v) is 13.7. The van der Waals surface area contributed by atoms with Gasteiger partial charge in [0.2, 0.25) is 0 Å². The Bertz CT molecular complexity index is 3090. The van der Waals surface area contributed by atoms with Crippen molar-refractivity contribution < 1.29 is 4.42 Å². The second-order valence-electron chi connectivity index (χ2n) is 13.7. The van der Waals surface area contributed by atoms with E-state index in [0.29, 0.717) is 6.67 Å². The molecule has 0 spiro atoms. The SMILES string of the molecule is CN1C=NN(c2cccc(N(c3ccc4c5ccccc5n(-c5ccccn5)c4c3)c3cc4ccccc4c4c3oc3ccc5ccccc5c34)c2)C1. The molecule has 10 aromatic rings. The summed E-state index contributed by atoms with van der Waals surface area (Å²) in [5, 5.41) is 16.0. The van der Waals surface area contributed by atoms with Crippen LogP contribution in [0.1, 0.15) is 0 Å². The van der Waals surface area contributed by atoms with E-state index in [1.165, 1.54) is 16.2 Å². The number of hydrazone groups is 1. The van der Waals surface area contributed by atoms with Gasteiger partial charge in [0.1, 0.15) is 24.4 Å². The van der Waals surface area contributed by atoms with Crippen molar-refractivity contribution in [2.75, 3.05) is 23.6 Å². The third-order valence-corrected chi connectivity index (χ3v) is 10.5. The van der Waals surface area contributed by atoms with Crippen LogP contribution in [0.15, 0.2) is 167 Å². The average Bonchev–Trinajstić information content (AvgIpc) is 3.92. The van der Waals surface area contributed by atoms with Gasteiger partial charge in [-0.15, -0.1) is 0 Å². The summed E-state index contributed by atoms with van der Waals surface area (Å²) < 4.78 is 9.26. The fourth-order valence-corrected chi connectivity index (χ4v) is 8.17. The molecule has 0 atom stereocenters. The van der Waals surface area contributed by atoms with E-state index in [-0.39, 0.29) is 0 Å². The van der Waals surface area contributed by atoms with Crippen molar-refractivity contribution in [2.24, 2.45) is 5.10 Å². The minimum Gasteiger partial charge on any atom is -0.454 e.